The van der Waals surface area contributed by atoms with E-state index in [1.807, 2.05) is 18.2 Å². The van der Waals surface area contributed by atoms with Gasteiger partial charge in [0.05, 0.1) is 13.2 Å². The number of unbranched alkanes of at least 4 members (excludes halogenated alkanes) is 1. The van der Waals surface area contributed by atoms with Crippen molar-refractivity contribution in [1.29, 1.82) is 0 Å². The molecule has 2 aromatic rings. The first-order chi connectivity index (χ1) is 15.4. The number of anilines is 1. The fourth-order valence-corrected chi connectivity index (χ4v) is 4.63. The first kappa shape index (κ1) is 22.0. The van der Waals surface area contributed by atoms with Gasteiger partial charge >= 0.3 is 0 Å². The van der Waals surface area contributed by atoms with E-state index in [2.05, 4.69) is 33.0 Å². The van der Waals surface area contributed by atoms with Crippen LogP contribution in [0, 0.1) is 0 Å². The van der Waals surface area contributed by atoms with Crippen molar-refractivity contribution in [1.82, 2.24) is 10.2 Å². The fraction of sp³-hybridized carbons (Fsp3) is 0.542. The van der Waals surface area contributed by atoms with E-state index in [1.54, 1.807) is 11.3 Å². The Kier molecular flexibility index (Phi) is 8.47. The van der Waals surface area contributed by atoms with E-state index < -0.39 is 0 Å². The van der Waals surface area contributed by atoms with E-state index in [0.29, 0.717) is 13.2 Å². The molecule has 2 aliphatic heterocycles. The Morgan fingerprint density at radius 2 is 1.90 bits per heavy atom. The van der Waals surface area contributed by atoms with Gasteiger partial charge in [-0.3, -0.25) is 4.99 Å². The lowest BCUT2D eigenvalue weighted by atomic mass is 10.2. The molecule has 0 saturated carbocycles. The van der Waals surface area contributed by atoms with E-state index in [4.69, 9.17) is 14.5 Å². The number of likely N-dealkylation sites (tertiary alicyclic amines) is 1. The number of nitrogens with one attached hydrogen (secondary N) is 2. The number of hydrogen-bond donors (Lipinski definition) is 2. The smallest absolute Gasteiger partial charge is 0.195 e. The molecule has 2 aliphatic rings. The molecule has 0 radical (unpaired) electrons. The normalized spacial score (nSPS) is 16.8. The van der Waals surface area contributed by atoms with Gasteiger partial charge in [0.25, 0.3) is 0 Å². The Labute approximate surface area is 189 Å². The van der Waals surface area contributed by atoms with Crippen LogP contribution in [-0.2, 0) is 6.42 Å². The van der Waals surface area contributed by atoms with E-state index in [9.17, 15) is 0 Å². The van der Waals surface area contributed by atoms with Crippen molar-refractivity contribution >= 4 is 23.0 Å². The SMILES string of the molecule is c1csc(CCNC(=NCCCCN2CCCC2)Nc2ccc3c(c2)OCCCO3)c1. The Balaban J connectivity index is 1.32. The summed E-state index contributed by atoms with van der Waals surface area (Å²) in [6.45, 7) is 6.81. The fourth-order valence-electron chi connectivity index (χ4n) is 3.92. The van der Waals surface area contributed by atoms with Crippen molar-refractivity contribution < 1.29 is 9.47 Å². The molecule has 7 heteroatoms. The number of aliphatic imine (C=N–C) groups is 1. The monoisotopic (exact) mass is 442 g/mol. The van der Waals surface area contributed by atoms with Crippen molar-refractivity contribution in [2.24, 2.45) is 4.99 Å². The van der Waals surface area contributed by atoms with Crippen molar-refractivity contribution in [2.45, 2.75) is 38.5 Å². The maximum atomic E-state index is 5.83. The number of rotatable bonds is 9. The Bertz CT molecular complexity index is 819. The standard InChI is InChI=1S/C24H34N4O2S/c1(2-13-28-14-3-4-15-28)11-25-24(26-12-10-21-7-5-18-31-21)27-20-8-9-22-23(19-20)30-17-6-16-29-22/h5,7-9,18-19H,1-4,6,10-17H2,(H2,25,26,27). The lowest BCUT2D eigenvalue weighted by molar-refractivity contribution is 0.297. The molecule has 4 rings (SSSR count). The number of benzene rings is 1. The summed E-state index contributed by atoms with van der Waals surface area (Å²) in [5.41, 5.74) is 0.962. The van der Waals surface area contributed by atoms with Gasteiger partial charge in [0.2, 0.25) is 0 Å². The second-order valence-electron chi connectivity index (χ2n) is 8.08. The van der Waals surface area contributed by atoms with Crippen LogP contribution >= 0.6 is 11.3 Å². The number of ether oxygens (including phenoxy) is 2. The van der Waals surface area contributed by atoms with Gasteiger partial charge in [0.1, 0.15) is 0 Å². The molecular formula is C24H34N4O2S. The van der Waals surface area contributed by atoms with Crippen LogP contribution in [-0.4, -0.2) is 56.8 Å². The lowest BCUT2D eigenvalue weighted by Gasteiger charge is -2.15. The molecule has 0 bridgehead atoms. The number of hydrogen-bond acceptors (Lipinski definition) is 5. The maximum Gasteiger partial charge on any atom is 0.195 e. The molecule has 0 aliphatic carbocycles. The van der Waals surface area contributed by atoms with Gasteiger partial charge in [-0.2, -0.15) is 0 Å². The summed E-state index contributed by atoms with van der Waals surface area (Å²) in [5.74, 6) is 2.44. The zero-order valence-corrected chi connectivity index (χ0v) is 19.1. The van der Waals surface area contributed by atoms with Crippen molar-refractivity contribution in [3.8, 4) is 11.5 Å². The number of nitrogens with zero attached hydrogens (tertiary/aromatic N) is 2. The third-order valence-corrected chi connectivity index (χ3v) is 6.54. The van der Waals surface area contributed by atoms with Crippen molar-refractivity contribution in [3.05, 3.63) is 40.6 Å². The molecule has 1 saturated heterocycles. The molecule has 0 spiro atoms. The van der Waals surface area contributed by atoms with Crippen LogP contribution in [0.25, 0.3) is 0 Å². The highest BCUT2D eigenvalue weighted by Gasteiger charge is 2.12. The van der Waals surface area contributed by atoms with Crippen LogP contribution in [0.15, 0.2) is 40.7 Å². The Hall–Kier alpha value is -2.25. The highest BCUT2D eigenvalue weighted by atomic mass is 32.1. The van der Waals surface area contributed by atoms with E-state index in [1.165, 1.54) is 43.8 Å². The zero-order chi connectivity index (χ0) is 21.1. The highest BCUT2D eigenvalue weighted by Crippen LogP contribution is 2.32. The average Bonchev–Trinajstić information content (AvgIpc) is 3.44. The predicted octanol–water partition coefficient (Wildman–Crippen LogP) is 4.39. The molecule has 1 aromatic heterocycles. The Morgan fingerprint density at radius 3 is 2.74 bits per heavy atom. The molecule has 0 amide bonds. The van der Waals surface area contributed by atoms with Gasteiger partial charge in [0, 0.05) is 36.1 Å². The quantitative estimate of drug-likeness (QED) is 0.343. The van der Waals surface area contributed by atoms with Crippen LogP contribution in [0.2, 0.25) is 0 Å². The summed E-state index contributed by atoms with van der Waals surface area (Å²) >= 11 is 1.80. The van der Waals surface area contributed by atoms with Gasteiger partial charge in [-0.05, 0) is 75.3 Å². The molecule has 0 atom stereocenters. The molecule has 0 unspecified atom stereocenters. The summed E-state index contributed by atoms with van der Waals surface area (Å²) in [7, 11) is 0. The number of fused-ring (bicyclic) bond motifs is 1. The minimum atomic E-state index is 0.688. The molecule has 168 valence electrons. The topological polar surface area (TPSA) is 58.1 Å². The molecular weight excluding hydrogens is 408 g/mol. The summed E-state index contributed by atoms with van der Waals surface area (Å²) < 4.78 is 11.6. The molecule has 1 aromatic carbocycles. The minimum Gasteiger partial charge on any atom is -0.490 e. The summed E-state index contributed by atoms with van der Waals surface area (Å²) in [6.07, 6.45) is 6.93. The van der Waals surface area contributed by atoms with E-state index in [0.717, 1.165) is 55.5 Å². The Morgan fingerprint density at radius 1 is 1.03 bits per heavy atom. The lowest BCUT2D eigenvalue weighted by Crippen LogP contribution is -2.32. The molecule has 1 fully saturated rings. The molecule has 6 nitrogen and oxygen atoms in total. The zero-order valence-electron chi connectivity index (χ0n) is 18.3. The van der Waals surface area contributed by atoms with Crippen LogP contribution in [0.3, 0.4) is 0 Å². The number of thiophene rings is 1. The largest absolute Gasteiger partial charge is 0.490 e. The minimum absolute atomic E-state index is 0.688. The van der Waals surface area contributed by atoms with Crippen LogP contribution in [0.5, 0.6) is 11.5 Å². The second kappa shape index (κ2) is 12.0. The van der Waals surface area contributed by atoms with Crippen LogP contribution < -0.4 is 20.1 Å². The maximum absolute atomic E-state index is 5.83. The first-order valence-electron chi connectivity index (χ1n) is 11.6. The first-order valence-corrected chi connectivity index (χ1v) is 12.4. The van der Waals surface area contributed by atoms with Crippen LogP contribution in [0.4, 0.5) is 5.69 Å². The summed E-state index contributed by atoms with van der Waals surface area (Å²) in [4.78, 5) is 8.79. The third kappa shape index (κ3) is 7.14. The van der Waals surface area contributed by atoms with Gasteiger partial charge < -0.3 is 25.0 Å². The summed E-state index contributed by atoms with van der Waals surface area (Å²) in [6, 6.07) is 10.3. The van der Waals surface area contributed by atoms with Crippen LogP contribution in [0.1, 0.15) is 37.0 Å². The van der Waals surface area contributed by atoms with E-state index >= 15 is 0 Å². The molecule has 31 heavy (non-hydrogen) atoms. The van der Waals surface area contributed by atoms with Gasteiger partial charge in [0.15, 0.2) is 17.5 Å². The predicted molar refractivity (Wildman–Crippen MR) is 129 cm³/mol. The molecule has 2 N–H and O–H groups in total. The van der Waals surface area contributed by atoms with Gasteiger partial charge in [-0.15, -0.1) is 11.3 Å². The average molecular weight is 443 g/mol. The van der Waals surface area contributed by atoms with Gasteiger partial charge in [-0.25, -0.2) is 0 Å². The highest BCUT2D eigenvalue weighted by molar-refractivity contribution is 7.09. The van der Waals surface area contributed by atoms with E-state index in [-0.39, 0.29) is 0 Å². The van der Waals surface area contributed by atoms with Crippen molar-refractivity contribution in [3.63, 3.8) is 0 Å². The molecule has 3 heterocycles. The van der Waals surface area contributed by atoms with Gasteiger partial charge in [-0.1, -0.05) is 6.07 Å². The number of guanidine groups is 1. The second-order valence-corrected chi connectivity index (χ2v) is 9.11. The summed E-state index contributed by atoms with van der Waals surface area (Å²) in [5, 5.41) is 9.08. The van der Waals surface area contributed by atoms with Crippen molar-refractivity contribution in [2.75, 3.05) is 51.3 Å². The third-order valence-electron chi connectivity index (χ3n) is 5.61.